The number of aromatic amines is 1. The highest BCUT2D eigenvalue weighted by Crippen LogP contribution is 2.31. The maximum Gasteiger partial charge on any atom is 0.419 e. The molecule has 1 saturated heterocycles. The van der Waals surface area contributed by atoms with E-state index in [1.54, 1.807) is 16.8 Å². The van der Waals surface area contributed by atoms with Crippen LogP contribution in [0.25, 0.3) is 22.2 Å². The molecule has 0 saturated carbocycles. The molecule has 1 unspecified atom stereocenters. The van der Waals surface area contributed by atoms with E-state index in [1.807, 2.05) is 33.0 Å². The third-order valence-corrected chi connectivity index (χ3v) is 5.62. The predicted octanol–water partition coefficient (Wildman–Crippen LogP) is 3.75. The van der Waals surface area contributed by atoms with Crippen molar-refractivity contribution >= 4 is 22.9 Å². The molecule has 0 aliphatic carbocycles. The topological polar surface area (TPSA) is 106 Å². The van der Waals surface area contributed by atoms with E-state index in [0.717, 1.165) is 5.56 Å². The summed E-state index contributed by atoms with van der Waals surface area (Å²) >= 11 is 0. The zero-order valence-electron chi connectivity index (χ0n) is 18.2. The Morgan fingerprint density at radius 1 is 1.22 bits per heavy atom. The third kappa shape index (κ3) is 3.70. The van der Waals surface area contributed by atoms with Crippen molar-refractivity contribution in [1.82, 2.24) is 20.1 Å². The fourth-order valence-electron chi connectivity index (χ4n) is 3.97. The van der Waals surface area contributed by atoms with Gasteiger partial charge >= 0.3 is 6.09 Å². The maximum atomic E-state index is 14.7. The summed E-state index contributed by atoms with van der Waals surface area (Å²) in [4.78, 5) is 39.1. The average molecular weight is 438 g/mol. The number of alkyl carbamates (subject to hydrolysis) is 1. The lowest BCUT2D eigenvalue weighted by atomic mass is 9.87. The van der Waals surface area contributed by atoms with Gasteiger partial charge < -0.3 is 9.72 Å². The molecule has 32 heavy (non-hydrogen) atoms. The molecule has 0 radical (unpaired) electrons. The van der Waals surface area contributed by atoms with Crippen LogP contribution >= 0.6 is 0 Å². The number of fused-ring (bicyclic) bond motifs is 1. The van der Waals surface area contributed by atoms with Crippen molar-refractivity contribution < 1.29 is 18.7 Å². The Balaban J connectivity index is 1.81. The lowest BCUT2D eigenvalue weighted by molar-refractivity contribution is -0.116. The van der Waals surface area contributed by atoms with E-state index < -0.39 is 23.7 Å². The smallest absolute Gasteiger partial charge is 0.404 e. The number of benzene rings is 1. The number of nitrogens with zero attached hydrogens (tertiary/aromatic N) is 2. The van der Waals surface area contributed by atoms with Gasteiger partial charge in [-0.05, 0) is 49.6 Å². The highest BCUT2D eigenvalue weighted by atomic mass is 19.1. The van der Waals surface area contributed by atoms with Gasteiger partial charge in [0.2, 0.25) is 0 Å². The SMILES string of the molecule is CCn1ncc2c(F)cc(-c3[nH]c(=O)c(C(C=C4OC(=O)NC4=O)C(C)C)cc3C)cc21. The van der Waals surface area contributed by atoms with E-state index >= 15 is 0 Å². The van der Waals surface area contributed by atoms with Crippen molar-refractivity contribution in [2.24, 2.45) is 5.92 Å². The minimum Gasteiger partial charge on any atom is -0.404 e. The van der Waals surface area contributed by atoms with Crippen LogP contribution in [0.4, 0.5) is 9.18 Å². The number of amides is 2. The molecule has 1 aromatic carbocycles. The number of cyclic esters (lactones) is 1. The number of nitrogens with one attached hydrogen (secondary N) is 2. The van der Waals surface area contributed by atoms with E-state index in [4.69, 9.17) is 4.74 Å². The Kier molecular flexibility index (Phi) is 5.41. The summed E-state index contributed by atoms with van der Waals surface area (Å²) in [7, 11) is 0. The first-order chi connectivity index (χ1) is 15.2. The number of allylic oxidation sites excluding steroid dienone is 1. The molecule has 1 fully saturated rings. The number of hydrogen-bond donors (Lipinski definition) is 2. The van der Waals surface area contributed by atoms with Crippen LogP contribution in [0.5, 0.6) is 0 Å². The van der Waals surface area contributed by atoms with Crippen molar-refractivity contribution in [2.75, 3.05) is 0 Å². The number of H-pyrrole nitrogens is 1. The molecular formula is C23H23FN4O4. The average Bonchev–Trinajstić information content (AvgIpc) is 3.29. The Morgan fingerprint density at radius 3 is 2.59 bits per heavy atom. The lowest BCUT2D eigenvalue weighted by Gasteiger charge is -2.19. The molecular weight excluding hydrogens is 415 g/mol. The third-order valence-electron chi connectivity index (χ3n) is 5.62. The summed E-state index contributed by atoms with van der Waals surface area (Å²) < 4.78 is 21.3. The number of halogens is 1. The molecule has 3 heterocycles. The van der Waals surface area contributed by atoms with Gasteiger partial charge in [0, 0.05) is 23.6 Å². The molecule has 9 heteroatoms. The first kappa shape index (κ1) is 21.5. The van der Waals surface area contributed by atoms with Crippen LogP contribution in [0.15, 0.2) is 41.0 Å². The van der Waals surface area contributed by atoms with E-state index in [2.05, 4.69) is 10.1 Å². The quantitative estimate of drug-likeness (QED) is 0.590. The highest BCUT2D eigenvalue weighted by Gasteiger charge is 2.29. The number of imide groups is 1. The fourth-order valence-corrected chi connectivity index (χ4v) is 3.97. The molecule has 166 valence electrons. The zero-order chi connectivity index (χ0) is 23.2. The molecule has 2 N–H and O–H groups in total. The van der Waals surface area contributed by atoms with Crippen LogP contribution in [0, 0.1) is 18.7 Å². The van der Waals surface area contributed by atoms with Gasteiger partial charge in [-0.15, -0.1) is 0 Å². The molecule has 1 atom stereocenters. The number of carbonyl (C=O) groups excluding carboxylic acids is 2. The number of hydrogen-bond acceptors (Lipinski definition) is 5. The Morgan fingerprint density at radius 2 is 1.97 bits per heavy atom. The molecule has 0 spiro atoms. The summed E-state index contributed by atoms with van der Waals surface area (Å²) in [5, 5.41) is 6.66. The summed E-state index contributed by atoms with van der Waals surface area (Å²) in [5.41, 5.74) is 2.47. The Labute approximate surface area is 183 Å². The van der Waals surface area contributed by atoms with Crippen molar-refractivity contribution in [1.29, 1.82) is 0 Å². The number of rotatable bonds is 5. The second-order valence-electron chi connectivity index (χ2n) is 8.11. The van der Waals surface area contributed by atoms with Gasteiger partial charge in [0.25, 0.3) is 11.5 Å². The number of carbonyl (C=O) groups is 2. The monoisotopic (exact) mass is 438 g/mol. The predicted molar refractivity (Wildman–Crippen MR) is 116 cm³/mol. The van der Waals surface area contributed by atoms with E-state index in [0.29, 0.717) is 34.3 Å². The van der Waals surface area contributed by atoms with Gasteiger partial charge in [0.05, 0.1) is 22.8 Å². The second-order valence-corrected chi connectivity index (χ2v) is 8.11. The van der Waals surface area contributed by atoms with Crippen LogP contribution < -0.4 is 10.9 Å². The lowest BCUT2D eigenvalue weighted by Crippen LogP contribution is -2.21. The summed E-state index contributed by atoms with van der Waals surface area (Å²) in [6.45, 7) is 8.12. The molecule has 1 aliphatic heterocycles. The number of aryl methyl sites for hydroxylation is 2. The molecule has 1 aliphatic rings. The summed E-state index contributed by atoms with van der Waals surface area (Å²) in [6.07, 6.45) is 2.14. The maximum absolute atomic E-state index is 14.7. The van der Waals surface area contributed by atoms with Gasteiger partial charge in [-0.1, -0.05) is 13.8 Å². The number of ether oxygens (including phenoxy) is 1. The standard InChI is InChI=1S/C23H23FN4O4/c1-5-28-18-8-13(7-17(24)16(18)10-25-28)20-12(4)6-15(21(29)26-20)14(11(2)3)9-19-22(30)27-23(31)32-19/h6-11,14H,5H2,1-4H3,(H,26,29)(H,27,30,31). The van der Waals surface area contributed by atoms with Crippen LogP contribution in [0.1, 0.15) is 37.8 Å². The molecule has 3 aromatic rings. The second kappa shape index (κ2) is 8.07. The van der Waals surface area contributed by atoms with Gasteiger partial charge in [-0.2, -0.15) is 5.10 Å². The van der Waals surface area contributed by atoms with E-state index in [-0.39, 0.29) is 17.2 Å². The summed E-state index contributed by atoms with van der Waals surface area (Å²) in [5.74, 6) is -1.72. The molecule has 2 amide bonds. The molecule has 0 bridgehead atoms. The molecule has 8 nitrogen and oxygen atoms in total. The van der Waals surface area contributed by atoms with Crippen molar-refractivity contribution in [3.8, 4) is 11.3 Å². The summed E-state index contributed by atoms with van der Waals surface area (Å²) in [6, 6.07) is 4.91. The minimum absolute atomic E-state index is 0.0614. The first-order valence-electron chi connectivity index (χ1n) is 10.3. The van der Waals surface area contributed by atoms with E-state index in [9.17, 15) is 18.8 Å². The normalized spacial score (nSPS) is 16.1. The highest BCUT2D eigenvalue weighted by molar-refractivity contribution is 6.07. The van der Waals surface area contributed by atoms with Gasteiger partial charge in [0.15, 0.2) is 5.76 Å². The largest absolute Gasteiger partial charge is 0.419 e. The molecule has 4 rings (SSSR count). The molecule has 2 aromatic heterocycles. The minimum atomic E-state index is -0.840. The van der Waals surface area contributed by atoms with Gasteiger partial charge in [0.1, 0.15) is 5.82 Å². The number of aromatic nitrogens is 3. The van der Waals surface area contributed by atoms with Crippen LogP contribution in [0.2, 0.25) is 0 Å². The van der Waals surface area contributed by atoms with Crippen LogP contribution in [0.3, 0.4) is 0 Å². The fraction of sp³-hybridized carbons (Fsp3) is 0.304. The Bertz CT molecular complexity index is 1340. The first-order valence-corrected chi connectivity index (χ1v) is 10.3. The van der Waals surface area contributed by atoms with Crippen LogP contribution in [-0.4, -0.2) is 26.8 Å². The van der Waals surface area contributed by atoms with Crippen molar-refractivity contribution in [3.05, 3.63) is 63.5 Å². The van der Waals surface area contributed by atoms with Gasteiger partial charge in [-0.3, -0.25) is 19.6 Å². The van der Waals surface area contributed by atoms with Gasteiger partial charge in [-0.25, -0.2) is 9.18 Å². The van der Waals surface area contributed by atoms with E-state index in [1.165, 1.54) is 18.3 Å². The number of pyridine rings is 1. The Hall–Kier alpha value is -3.75. The zero-order valence-corrected chi connectivity index (χ0v) is 18.2. The van der Waals surface area contributed by atoms with Crippen molar-refractivity contribution in [2.45, 2.75) is 40.2 Å². The van der Waals surface area contributed by atoms with Crippen molar-refractivity contribution in [3.63, 3.8) is 0 Å². The van der Waals surface area contributed by atoms with Crippen LogP contribution in [-0.2, 0) is 16.1 Å².